The van der Waals surface area contributed by atoms with Crippen molar-refractivity contribution in [1.29, 1.82) is 0 Å². The van der Waals surface area contributed by atoms with Crippen LogP contribution >= 0.6 is 0 Å². The first-order chi connectivity index (χ1) is 12.4. The van der Waals surface area contributed by atoms with Crippen molar-refractivity contribution in [3.63, 3.8) is 0 Å². The molecule has 132 valence electrons. The molecule has 0 saturated carbocycles. The molecule has 2 fully saturated rings. The maximum Gasteiger partial charge on any atom is 0.0743 e. The van der Waals surface area contributed by atoms with E-state index in [9.17, 15) is 0 Å². The van der Waals surface area contributed by atoms with Gasteiger partial charge in [-0.2, -0.15) is 0 Å². The predicted octanol–water partition coefficient (Wildman–Crippen LogP) is 2.20. The highest BCUT2D eigenvalue weighted by Crippen LogP contribution is 2.25. The third-order valence-corrected chi connectivity index (χ3v) is 5.25. The van der Waals surface area contributed by atoms with Gasteiger partial charge in [0.15, 0.2) is 0 Å². The standard InChI is InChI=1S/C20H26N4O/c1-2-8-22-19(5-1)15-23-9-6-18-14-24(10-11-25-20(18)16-23)13-17-4-3-7-21-12-17/h1-5,7-8,12,18,20H,6,9-11,13-16H2/t18-,20-/m0/s1. The molecule has 2 atom stereocenters. The Morgan fingerprint density at radius 1 is 1.00 bits per heavy atom. The zero-order valence-corrected chi connectivity index (χ0v) is 14.6. The van der Waals surface area contributed by atoms with Crippen LogP contribution in [0.1, 0.15) is 17.7 Å². The van der Waals surface area contributed by atoms with Gasteiger partial charge >= 0.3 is 0 Å². The van der Waals surface area contributed by atoms with Crippen LogP contribution in [-0.4, -0.2) is 58.7 Å². The van der Waals surface area contributed by atoms with Gasteiger partial charge in [-0.1, -0.05) is 12.1 Å². The minimum Gasteiger partial charge on any atom is -0.375 e. The van der Waals surface area contributed by atoms with E-state index in [1.165, 1.54) is 12.0 Å². The smallest absolute Gasteiger partial charge is 0.0743 e. The number of likely N-dealkylation sites (tertiary alicyclic amines) is 1. The summed E-state index contributed by atoms with van der Waals surface area (Å²) in [7, 11) is 0. The summed E-state index contributed by atoms with van der Waals surface area (Å²) in [5, 5.41) is 0. The molecule has 2 aliphatic heterocycles. The molecule has 5 nitrogen and oxygen atoms in total. The molecule has 2 aromatic rings. The molecule has 0 spiro atoms. The minimum absolute atomic E-state index is 0.344. The molecular formula is C20H26N4O. The Hall–Kier alpha value is -1.82. The predicted molar refractivity (Wildman–Crippen MR) is 96.9 cm³/mol. The molecule has 0 unspecified atom stereocenters. The molecule has 2 aromatic heterocycles. The van der Waals surface area contributed by atoms with Crippen molar-refractivity contribution >= 4 is 0 Å². The highest BCUT2D eigenvalue weighted by atomic mass is 16.5. The van der Waals surface area contributed by atoms with E-state index in [-0.39, 0.29) is 0 Å². The summed E-state index contributed by atoms with van der Waals surface area (Å²) in [6.45, 7) is 6.98. The molecule has 4 rings (SSSR count). The van der Waals surface area contributed by atoms with Crippen molar-refractivity contribution in [2.24, 2.45) is 5.92 Å². The first-order valence-corrected chi connectivity index (χ1v) is 9.22. The second kappa shape index (κ2) is 8.04. The van der Waals surface area contributed by atoms with Gasteiger partial charge in [0.2, 0.25) is 0 Å². The normalized spacial score (nSPS) is 25.3. The Bertz CT molecular complexity index is 651. The molecule has 4 heterocycles. The van der Waals surface area contributed by atoms with Gasteiger partial charge in [0.05, 0.1) is 18.4 Å². The SMILES string of the molecule is c1ccc(CN2CC[C@H]3CN(Cc4cccnc4)CCO[C@H]3C2)nc1. The fourth-order valence-corrected chi connectivity index (χ4v) is 3.94. The summed E-state index contributed by atoms with van der Waals surface area (Å²) >= 11 is 0. The Morgan fingerprint density at radius 2 is 1.96 bits per heavy atom. The van der Waals surface area contributed by atoms with E-state index in [0.29, 0.717) is 12.0 Å². The van der Waals surface area contributed by atoms with Gasteiger partial charge in [-0.15, -0.1) is 0 Å². The van der Waals surface area contributed by atoms with Crippen LogP contribution in [0.2, 0.25) is 0 Å². The van der Waals surface area contributed by atoms with Gasteiger partial charge < -0.3 is 4.74 Å². The number of fused-ring (bicyclic) bond motifs is 1. The average molecular weight is 338 g/mol. The van der Waals surface area contributed by atoms with E-state index in [1.54, 1.807) is 0 Å². The topological polar surface area (TPSA) is 41.5 Å². The number of hydrogen-bond acceptors (Lipinski definition) is 5. The van der Waals surface area contributed by atoms with Crippen molar-refractivity contribution in [3.8, 4) is 0 Å². The zero-order chi connectivity index (χ0) is 16.9. The summed E-state index contributed by atoms with van der Waals surface area (Å²) in [5.74, 6) is 0.624. The molecule has 5 heteroatoms. The van der Waals surface area contributed by atoms with E-state index >= 15 is 0 Å². The summed E-state index contributed by atoms with van der Waals surface area (Å²) in [5.41, 5.74) is 2.43. The highest BCUT2D eigenvalue weighted by molar-refractivity contribution is 5.08. The van der Waals surface area contributed by atoms with Crippen LogP contribution in [0.4, 0.5) is 0 Å². The number of ether oxygens (including phenoxy) is 1. The monoisotopic (exact) mass is 338 g/mol. The number of hydrogen-bond donors (Lipinski definition) is 0. The largest absolute Gasteiger partial charge is 0.375 e. The lowest BCUT2D eigenvalue weighted by molar-refractivity contribution is -0.0244. The van der Waals surface area contributed by atoms with Crippen LogP contribution in [0.5, 0.6) is 0 Å². The van der Waals surface area contributed by atoms with Crippen molar-refractivity contribution in [3.05, 3.63) is 60.2 Å². The summed E-state index contributed by atoms with van der Waals surface area (Å²) in [6, 6.07) is 10.3. The fraction of sp³-hybridized carbons (Fsp3) is 0.500. The van der Waals surface area contributed by atoms with E-state index < -0.39 is 0 Å². The number of piperidine rings is 1. The second-order valence-corrected chi connectivity index (χ2v) is 7.11. The zero-order valence-electron chi connectivity index (χ0n) is 14.6. The van der Waals surface area contributed by atoms with E-state index in [0.717, 1.165) is 51.6 Å². The molecule has 0 aliphatic carbocycles. The molecular weight excluding hydrogens is 312 g/mol. The second-order valence-electron chi connectivity index (χ2n) is 7.11. The van der Waals surface area contributed by atoms with E-state index in [2.05, 4.69) is 38.0 Å². The Kier molecular flexibility index (Phi) is 5.35. The highest BCUT2D eigenvalue weighted by Gasteiger charge is 2.33. The van der Waals surface area contributed by atoms with Gasteiger partial charge in [0.25, 0.3) is 0 Å². The molecule has 0 aromatic carbocycles. The number of aromatic nitrogens is 2. The summed E-state index contributed by atoms with van der Waals surface area (Å²) < 4.78 is 6.22. The van der Waals surface area contributed by atoms with Crippen molar-refractivity contribution in [1.82, 2.24) is 19.8 Å². The van der Waals surface area contributed by atoms with Gasteiger partial charge in [0.1, 0.15) is 0 Å². The number of pyridine rings is 2. The molecule has 0 bridgehead atoms. The van der Waals surface area contributed by atoms with Crippen LogP contribution in [0.15, 0.2) is 48.9 Å². The van der Waals surface area contributed by atoms with Crippen molar-refractivity contribution < 1.29 is 4.74 Å². The first kappa shape index (κ1) is 16.6. The van der Waals surface area contributed by atoms with E-state index in [4.69, 9.17) is 4.74 Å². The Labute approximate surface area is 149 Å². The van der Waals surface area contributed by atoms with Gasteiger partial charge in [0, 0.05) is 57.2 Å². The Balaban J connectivity index is 1.34. The van der Waals surface area contributed by atoms with E-state index in [1.807, 2.05) is 30.7 Å². The van der Waals surface area contributed by atoms with Crippen molar-refractivity contribution in [2.45, 2.75) is 25.6 Å². The van der Waals surface area contributed by atoms with Gasteiger partial charge in [-0.05, 0) is 36.7 Å². The van der Waals surface area contributed by atoms with Crippen LogP contribution in [0.25, 0.3) is 0 Å². The third kappa shape index (κ3) is 4.42. The molecule has 0 radical (unpaired) electrons. The van der Waals surface area contributed by atoms with Crippen LogP contribution < -0.4 is 0 Å². The molecule has 0 amide bonds. The quantitative estimate of drug-likeness (QED) is 0.855. The van der Waals surface area contributed by atoms with Gasteiger partial charge in [-0.3, -0.25) is 19.8 Å². The van der Waals surface area contributed by atoms with Crippen LogP contribution in [-0.2, 0) is 17.8 Å². The summed E-state index contributed by atoms with van der Waals surface area (Å²) in [6.07, 6.45) is 7.22. The average Bonchev–Trinajstić information content (AvgIpc) is 2.85. The number of rotatable bonds is 4. The maximum absolute atomic E-state index is 6.22. The molecule has 2 aliphatic rings. The van der Waals surface area contributed by atoms with Crippen molar-refractivity contribution in [2.75, 3.05) is 32.8 Å². The lowest BCUT2D eigenvalue weighted by Crippen LogP contribution is -2.46. The number of nitrogens with zero attached hydrogens (tertiary/aromatic N) is 4. The first-order valence-electron chi connectivity index (χ1n) is 9.22. The van der Waals surface area contributed by atoms with Crippen LogP contribution in [0.3, 0.4) is 0 Å². The molecule has 25 heavy (non-hydrogen) atoms. The fourth-order valence-electron chi connectivity index (χ4n) is 3.94. The third-order valence-electron chi connectivity index (χ3n) is 5.25. The van der Waals surface area contributed by atoms with Crippen LogP contribution in [0, 0.1) is 5.92 Å². The summed E-state index contributed by atoms with van der Waals surface area (Å²) in [4.78, 5) is 13.7. The molecule has 0 N–H and O–H groups in total. The molecule has 2 saturated heterocycles. The Morgan fingerprint density at radius 3 is 2.80 bits per heavy atom. The lowest BCUT2D eigenvalue weighted by Gasteiger charge is -2.37. The van der Waals surface area contributed by atoms with Gasteiger partial charge in [-0.25, -0.2) is 0 Å². The minimum atomic E-state index is 0.344. The lowest BCUT2D eigenvalue weighted by atomic mass is 9.93. The maximum atomic E-state index is 6.22.